The van der Waals surface area contributed by atoms with E-state index in [1.807, 2.05) is 24.3 Å². The Bertz CT molecular complexity index is 337. The number of carbonyl (C=O) groups is 1. The molecule has 4 heteroatoms. The fourth-order valence-electron chi connectivity index (χ4n) is 1.31. The molecule has 3 nitrogen and oxygen atoms in total. The Kier molecular flexibility index (Phi) is 5.35. The minimum absolute atomic E-state index is 0.357. The summed E-state index contributed by atoms with van der Waals surface area (Å²) in [6, 6.07) is 7.02. The molecule has 1 atom stereocenters. The summed E-state index contributed by atoms with van der Waals surface area (Å²) in [7, 11) is 0. The van der Waals surface area contributed by atoms with Crippen molar-refractivity contribution in [3.63, 3.8) is 0 Å². The van der Waals surface area contributed by atoms with Crippen LogP contribution in [0.1, 0.15) is 25.5 Å². The molecule has 0 saturated heterocycles. The van der Waals surface area contributed by atoms with E-state index in [0.717, 1.165) is 11.3 Å². The summed E-state index contributed by atoms with van der Waals surface area (Å²) in [5, 5.41) is 0. The lowest BCUT2D eigenvalue weighted by molar-refractivity contribution is -0.144. The molecule has 0 radical (unpaired) electrons. The van der Waals surface area contributed by atoms with Gasteiger partial charge in [0.05, 0.1) is 6.61 Å². The van der Waals surface area contributed by atoms with Crippen molar-refractivity contribution in [1.29, 1.82) is 0 Å². The first-order valence-electron chi connectivity index (χ1n) is 5.34. The number of benzene rings is 1. The molecule has 1 aromatic rings. The van der Waals surface area contributed by atoms with Crippen molar-refractivity contribution in [2.45, 2.75) is 24.8 Å². The summed E-state index contributed by atoms with van der Waals surface area (Å²) < 4.78 is 4.87. The lowest BCUT2D eigenvalue weighted by atomic mass is 10.1. The first kappa shape index (κ1) is 13.1. The molecule has 0 aliphatic carbocycles. The monoisotopic (exact) mass is 239 g/mol. The molecule has 0 bridgehead atoms. The average molecular weight is 239 g/mol. The van der Waals surface area contributed by atoms with Gasteiger partial charge in [0.25, 0.3) is 0 Å². The van der Waals surface area contributed by atoms with Gasteiger partial charge in [-0.3, -0.25) is 0 Å². The molecule has 1 rings (SSSR count). The summed E-state index contributed by atoms with van der Waals surface area (Å²) in [6.07, 6.45) is 0. The van der Waals surface area contributed by atoms with Gasteiger partial charge in [0.2, 0.25) is 0 Å². The van der Waals surface area contributed by atoms with E-state index in [0.29, 0.717) is 6.61 Å². The fourth-order valence-corrected chi connectivity index (χ4v) is 1.97. The second-order valence-electron chi connectivity index (χ2n) is 3.23. The summed E-state index contributed by atoms with van der Waals surface area (Å²) in [5.74, 6) is 0.655. The standard InChI is InChI=1S/C12H17NO2S/c1-3-15-12(14)11(13)9-5-7-10(8-6-9)16-4-2/h5-8,11H,3-4,13H2,1-2H3/t11-/m1/s1. The van der Waals surface area contributed by atoms with Crippen molar-refractivity contribution in [3.8, 4) is 0 Å². The normalized spacial score (nSPS) is 12.2. The highest BCUT2D eigenvalue weighted by Gasteiger charge is 2.16. The van der Waals surface area contributed by atoms with Crippen LogP contribution in [-0.4, -0.2) is 18.3 Å². The third kappa shape index (κ3) is 3.54. The van der Waals surface area contributed by atoms with Gasteiger partial charge in [-0.05, 0) is 30.4 Å². The summed E-state index contributed by atoms with van der Waals surface area (Å²) in [6.45, 7) is 4.23. The Hall–Kier alpha value is -1.00. The van der Waals surface area contributed by atoms with Gasteiger partial charge in [-0.1, -0.05) is 19.1 Å². The molecule has 0 heterocycles. The quantitative estimate of drug-likeness (QED) is 0.633. The smallest absolute Gasteiger partial charge is 0.327 e. The third-order valence-electron chi connectivity index (χ3n) is 2.09. The van der Waals surface area contributed by atoms with Gasteiger partial charge in [0, 0.05) is 4.90 Å². The predicted molar refractivity (Wildman–Crippen MR) is 66.4 cm³/mol. The Morgan fingerprint density at radius 2 is 2.00 bits per heavy atom. The van der Waals surface area contributed by atoms with Crippen LogP contribution in [0, 0.1) is 0 Å². The van der Waals surface area contributed by atoms with Crippen LogP contribution in [0.25, 0.3) is 0 Å². The van der Waals surface area contributed by atoms with Gasteiger partial charge >= 0.3 is 5.97 Å². The number of thioether (sulfide) groups is 1. The number of esters is 1. The van der Waals surface area contributed by atoms with Crippen molar-refractivity contribution in [2.24, 2.45) is 5.73 Å². The zero-order valence-electron chi connectivity index (χ0n) is 9.60. The lowest BCUT2D eigenvalue weighted by Crippen LogP contribution is -2.23. The van der Waals surface area contributed by atoms with Crippen LogP contribution >= 0.6 is 11.8 Å². The molecule has 0 saturated carbocycles. The minimum atomic E-state index is -0.680. The van der Waals surface area contributed by atoms with E-state index in [9.17, 15) is 4.79 Å². The van der Waals surface area contributed by atoms with Crippen LogP contribution in [0.2, 0.25) is 0 Å². The number of rotatable bonds is 5. The minimum Gasteiger partial charge on any atom is -0.465 e. The zero-order valence-corrected chi connectivity index (χ0v) is 10.4. The lowest BCUT2D eigenvalue weighted by Gasteiger charge is -2.11. The number of ether oxygens (including phenoxy) is 1. The van der Waals surface area contributed by atoms with Gasteiger partial charge in [0.15, 0.2) is 0 Å². The molecule has 16 heavy (non-hydrogen) atoms. The SMILES string of the molecule is CCOC(=O)[C@H](N)c1ccc(SCC)cc1. The first-order valence-corrected chi connectivity index (χ1v) is 6.32. The van der Waals surface area contributed by atoms with E-state index in [1.54, 1.807) is 18.7 Å². The Balaban J connectivity index is 2.69. The van der Waals surface area contributed by atoms with Gasteiger partial charge in [0.1, 0.15) is 6.04 Å². The Labute approximate surface area is 100 Å². The topological polar surface area (TPSA) is 52.3 Å². The Morgan fingerprint density at radius 3 is 2.50 bits per heavy atom. The second-order valence-corrected chi connectivity index (χ2v) is 4.57. The third-order valence-corrected chi connectivity index (χ3v) is 2.98. The van der Waals surface area contributed by atoms with Crippen LogP contribution in [0.3, 0.4) is 0 Å². The maximum absolute atomic E-state index is 11.4. The first-order chi connectivity index (χ1) is 7.69. The van der Waals surface area contributed by atoms with Crippen molar-refractivity contribution in [2.75, 3.05) is 12.4 Å². The van der Waals surface area contributed by atoms with Crippen molar-refractivity contribution in [1.82, 2.24) is 0 Å². The van der Waals surface area contributed by atoms with Crippen LogP contribution < -0.4 is 5.73 Å². The van der Waals surface area contributed by atoms with Gasteiger partial charge in [-0.15, -0.1) is 11.8 Å². The van der Waals surface area contributed by atoms with Crippen LogP contribution in [-0.2, 0) is 9.53 Å². The number of hydrogen-bond donors (Lipinski definition) is 1. The van der Waals surface area contributed by atoms with Crippen molar-refractivity contribution >= 4 is 17.7 Å². The summed E-state index contributed by atoms with van der Waals surface area (Å²) in [5.41, 5.74) is 6.56. The van der Waals surface area contributed by atoms with Crippen LogP contribution in [0.4, 0.5) is 0 Å². The van der Waals surface area contributed by atoms with Crippen LogP contribution in [0.5, 0.6) is 0 Å². The molecule has 0 aliphatic heterocycles. The molecular formula is C12H17NO2S. The predicted octanol–water partition coefficient (Wildman–Crippen LogP) is 2.36. The maximum atomic E-state index is 11.4. The molecule has 0 amide bonds. The molecule has 88 valence electrons. The fraction of sp³-hybridized carbons (Fsp3) is 0.417. The van der Waals surface area contributed by atoms with Crippen molar-refractivity contribution < 1.29 is 9.53 Å². The molecule has 0 fully saturated rings. The highest BCUT2D eigenvalue weighted by molar-refractivity contribution is 7.99. The van der Waals surface area contributed by atoms with Gasteiger partial charge in [-0.25, -0.2) is 4.79 Å². The molecule has 1 aromatic carbocycles. The zero-order chi connectivity index (χ0) is 12.0. The highest BCUT2D eigenvalue weighted by atomic mass is 32.2. The highest BCUT2D eigenvalue weighted by Crippen LogP contribution is 2.20. The van der Waals surface area contributed by atoms with E-state index < -0.39 is 6.04 Å². The molecule has 0 spiro atoms. The summed E-state index contributed by atoms with van der Waals surface area (Å²) in [4.78, 5) is 12.6. The molecule has 0 aromatic heterocycles. The molecule has 2 N–H and O–H groups in total. The van der Waals surface area contributed by atoms with Crippen LogP contribution in [0.15, 0.2) is 29.2 Å². The number of carbonyl (C=O) groups excluding carboxylic acids is 1. The van der Waals surface area contributed by atoms with E-state index in [1.165, 1.54) is 4.90 Å². The maximum Gasteiger partial charge on any atom is 0.327 e. The Morgan fingerprint density at radius 1 is 1.38 bits per heavy atom. The van der Waals surface area contributed by atoms with Gasteiger partial charge in [-0.2, -0.15) is 0 Å². The van der Waals surface area contributed by atoms with E-state index in [-0.39, 0.29) is 5.97 Å². The van der Waals surface area contributed by atoms with Gasteiger partial charge < -0.3 is 10.5 Å². The average Bonchev–Trinajstić information content (AvgIpc) is 2.30. The van der Waals surface area contributed by atoms with E-state index in [2.05, 4.69) is 6.92 Å². The van der Waals surface area contributed by atoms with E-state index in [4.69, 9.17) is 10.5 Å². The molecule has 0 aliphatic rings. The molecule has 0 unspecified atom stereocenters. The molecular weight excluding hydrogens is 222 g/mol. The number of nitrogens with two attached hydrogens (primary N) is 1. The van der Waals surface area contributed by atoms with E-state index >= 15 is 0 Å². The number of hydrogen-bond acceptors (Lipinski definition) is 4. The summed E-state index contributed by atoms with van der Waals surface area (Å²) >= 11 is 1.76. The second kappa shape index (κ2) is 6.55. The van der Waals surface area contributed by atoms with Crippen molar-refractivity contribution in [3.05, 3.63) is 29.8 Å². The largest absolute Gasteiger partial charge is 0.465 e.